The number of carbonyl (C=O) groups is 1. The van der Waals surface area contributed by atoms with E-state index in [9.17, 15) is 4.79 Å². The van der Waals surface area contributed by atoms with Crippen LogP contribution in [0.2, 0.25) is 0 Å². The smallest absolute Gasteiger partial charge is 0.407 e. The molecule has 0 radical (unpaired) electrons. The van der Waals surface area contributed by atoms with Gasteiger partial charge in [0.15, 0.2) is 0 Å². The van der Waals surface area contributed by atoms with Crippen LogP contribution in [0.4, 0.5) is 4.79 Å². The molecule has 43 heavy (non-hydrogen) atoms. The Morgan fingerprint density at radius 2 is 0.814 bits per heavy atom. The molecule has 0 aliphatic heterocycles. The SMILES string of the molecule is CC(C)(C)OC(=O)NCCOCCOCCOCCOCCOCCOCCOCCOCCOCCOCCN=[N+]=[N-]. The van der Waals surface area contributed by atoms with Crippen molar-refractivity contribution in [3.8, 4) is 0 Å². The fourth-order valence-corrected chi connectivity index (χ4v) is 2.77. The third-order valence-corrected chi connectivity index (χ3v) is 4.66. The van der Waals surface area contributed by atoms with Crippen molar-refractivity contribution in [3.05, 3.63) is 10.4 Å². The highest BCUT2D eigenvalue weighted by Gasteiger charge is 2.15. The lowest BCUT2D eigenvalue weighted by atomic mass is 10.2. The quantitative estimate of drug-likeness (QED) is 0.0485. The average molecular weight is 627 g/mol. The molecule has 0 rings (SSSR count). The minimum atomic E-state index is -0.513. The first kappa shape index (κ1) is 41.2. The zero-order chi connectivity index (χ0) is 31.5. The number of amides is 1. The summed E-state index contributed by atoms with van der Waals surface area (Å²) in [6.07, 6.45) is -0.455. The van der Waals surface area contributed by atoms with Gasteiger partial charge in [-0.05, 0) is 26.3 Å². The van der Waals surface area contributed by atoms with Gasteiger partial charge in [0.25, 0.3) is 0 Å². The fraction of sp³-hybridized carbons (Fsp3) is 0.963. The van der Waals surface area contributed by atoms with Crippen molar-refractivity contribution < 1.29 is 56.9 Å². The van der Waals surface area contributed by atoms with E-state index in [0.29, 0.717) is 145 Å². The Hall–Kier alpha value is -1.82. The number of alkyl carbamates (subject to hydrolysis) is 1. The number of nitrogens with one attached hydrogen (secondary N) is 1. The second-order valence-corrected chi connectivity index (χ2v) is 9.51. The van der Waals surface area contributed by atoms with Gasteiger partial charge in [-0.25, -0.2) is 4.79 Å². The van der Waals surface area contributed by atoms with Crippen LogP contribution in [-0.4, -0.2) is 157 Å². The Balaban J connectivity index is 3.10. The first-order valence-corrected chi connectivity index (χ1v) is 14.7. The van der Waals surface area contributed by atoms with Crippen LogP contribution in [0.15, 0.2) is 5.11 Å². The van der Waals surface area contributed by atoms with Crippen LogP contribution >= 0.6 is 0 Å². The number of carbonyl (C=O) groups excluding carboxylic acids is 1. The standard InChI is InChI=1S/C27H54N4O12/c1-27(2,3)43-26(32)29-4-6-33-8-10-35-12-14-37-16-18-39-20-22-41-24-25-42-23-21-40-19-17-38-15-13-36-11-9-34-7-5-30-31-28/h4-25H2,1-3H3,(H,29,32). The summed E-state index contributed by atoms with van der Waals surface area (Å²) >= 11 is 0. The van der Waals surface area contributed by atoms with E-state index >= 15 is 0 Å². The fourth-order valence-electron chi connectivity index (χ4n) is 2.77. The molecule has 0 aliphatic carbocycles. The summed E-state index contributed by atoms with van der Waals surface area (Å²) in [5.41, 5.74) is 7.61. The van der Waals surface area contributed by atoms with Crippen LogP contribution in [0.3, 0.4) is 0 Å². The molecule has 0 aliphatic rings. The minimum absolute atomic E-state index is 0.325. The molecule has 0 spiro atoms. The van der Waals surface area contributed by atoms with Gasteiger partial charge in [-0.2, -0.15) is 0 Å². The molecule has 16 nitrogen and oxygen atoms in total. The van der Waals surface area contributed by atoms with Gasteiger partial charge in [0.2, 0.25) is 0 Å². The van der Waals surface area contributed by atoms with Gasteiger partial charge in [0, 0.05) is 18.0 Å². The van der Waals surface area contributed by atoms with Crippen LogP contribution in [0, 0.1) is 0 Å². The van der Waals surface area contributed by atoms with E-state index in [1.165, 1.54) is 0 Å². The summed E-state index contributed by atoms with van der Waals surface area (Å²) in [6, 6.07) is 0. The molecule has 0 saturated heterocycles. The Kier molecular flexibility index (Phi) is 31.7. The van der Waals surface area contributed by atoms with Crippen molar-refractivity contribution in [1.82, 2.24) is 5.32 Å². The number of rotatable bonds is 33. The van der Waals surface area contributed by atoms with E-state index in [0.717, 1.165) is 0 Å². The molecule has 0 atom stereocenters. The topological polar surface area (TPSA) is 179 Å². The average Bonchev–Trinajstić information content (AvgIpc) is 2.96. The molecule has 0 heterocycles. The summed E-state index contributed by atoms with van der Waals surface area (Å²) < 4.78 is 59.1. The largest absolute Gasteiger partial charge is 0.444 e. The van der Waals surface area contributed by atoms with Gasteiger partial charge in [-0.3, -0.25) is 0 Å². The van der Waals surface area contributed by atoms with Crippen LogP contribution in [0.1, 0.15) is 20.8 Å². The number of nitrogens with zero attached hydrogens (tertiary/aromatic N) is 3. The maximum atomic E-state index is 11.5. The Morgan fingerprint density at radius 3 is 1.09 bits per heavy atom. The maximum absolute atomic E-state index is 11.5. The summed E-state index contributed by atoms with van der Waals surface area (Å²) in [6.45, 7) is 15.5. The van der Waals surface area contributed by atoms with Crippen molar-refractivity contribution in [2.24, 2.45) is 5.11 Å². The van der Waals surface area contributed by atoms with E-state index in [-0.39, 0.29) is 0 Å². The first-order valence-electron chi connectivity index (χ1n) is 14.7. The van der Waals surface area contributed by atoms with Crippen LogP contribution in [0.5, 0.6) is 0 Å². The van der Waals surface area contributed by atoms with E-state index in [2.05, 4.69) is 15.3 Å². The van der Waals surface area contributed by atoms with Crippen LogP contribution in [0.25, 0.3) is 10.4 Å². The molecule has 0 unspecified atom stereocenters. The number of azide groups is 1. The van der Waals surface area contributed by atoms with E-state index < -0.39 is 11.7 Å². The second kappa shape index (κ2) is 33.1. The highest BCUT2D eigenvalue weighted by atomic mass is 16.6. The van der Waals surface area contributed by atoms with Crippen molar-refractivity contribution in [3.63, 3.8) is 0 Å². The number of hydrogen-bond donors (Lipinski definition) is 1. The molecule has 0 aromatic carbocycles. The maximum Gasteiger partial charge on any atom is 0.407 e. The zero-order valence-corrected chi connectivity index (χ0v) is 26.3. The van der Waals surface area contributed by atoms with Crippen LogP contribution < -0.4 is 5.32 Å². The lowest BCUT2D eigenvalue weighted by molar-refractivity contribution is -0.0263. The third-order valence-electron chi connectivity index (χ3n) is 4.66. The number of ether oxygens (including phenoxy) is 11. The molecule has 0 aromatic rings. The van der Waals surface area contributed by atoms with E-state index in [4.69, 9.17) is 57.6 Å². The van der Waals surface area contributed by atoms with Gasteiger partial charge >= 0.3 is 6.09 Å². The highest BCUT2D eigenvalue weighted by molar-refractivity contribution is 5.67. The zero-order valence-electron chi connectivity index (χ0n) is 26.3. The lowest BCUT2D eigenvalue weighted by Gasteiger charge is -2.19. The van der Waals surface area contributed by atoms with Crippen molar-refractivity contribution >= 4 is 6.09 Å². The van der Waals surface area contributed by atoms with Crippen molar-refractivity contribution in [2.45, 2.75) is 26.4 Å². The molecule has 1 amide bonds. The van der Waals surface area contributed by atoms with Gasteiger partial charge in [-0.1, -0.05) is 5.11 Å². The van der Waals surface area contributed by atoms with Gasteiger partial charge < -0.3 is 57.4 Å². The van der Waals surface area contributed by atoms with Crippen molar-refractivity contribution in [2.75, 3.05) is 145 Å². The summed E-state index contributed by atoms with van der Waals surface area (Å²) in [5.74, 6) is 0. The summed E-state index contributed by atoms with van der Waals surface area (Å²) in [5, 5.41) is 5.99. The minimum Gasteiger partial charge on any atom is -0.444 e. The predicted octanol–water partition coefficient (Wildman–Crippen LogP) is 1.99. The molecular formula is C27H54N4O12. The van der Waals surface area contributed by atoms with Crippen LogP contribution in [-0.2, 0) is 52.1 Å². The van der Waals surface area contributed by atoms with Gasteiger partial charge in [0.1, 0.15) is 5.60 Å². The molecule has 16 heteroatoms. The molecule has 1 N–H and O–H groups in total. The Morgan fingerprint density at radius 1 is 0.535 bits per heavy atom. The molecular weight excluding hydrogens is 572 g/mol. The molecule has 0 fully saturated rings. The normalized spacial score (nSPS) is 11.4. The highest BCUT2D eigenvalue weighted by Crippen LogP contribution is 2.06. The van der Waals surface area contributed by atoms with E-state index in [1.807, 2.05) is 20.8 Å². The van der Waals surface area contributed by atoms with Crippen molar-refractivity contribution in [1.29, 1.82) is 0 Å². The third kappa shape index (κ3) is 38.2. The summed E-state index contributed by atoms with van der Waals surface area (Å²) in [7, 11) is 0. The Labute approximate surface area is 255 Å². The van der Waals surface area contributed by atoms with Gasteiger partial charge in [0.05, 0.1) is 132 Å². The number of hydrogen-bond acceptors (Lipinski definition) is 13. The van der Waals surface area contributed by atoms with Gasteiger partial charge in [-0.15, -0.1) is 0 Å². The molecule has 0 aromatic heterocycles. The molecule has 0 bridgehead atoms. The molecule has 0 saturated carbocycles. The second-order valence-electron chi connectivity index (χ2n) is 9.51. The Bertz CT molecular complexity index is 652. The molecule has 254 valence electrons. The lowest BCUT2D eigenvalue weighted by Crippen LogP contribution is -2.34. The predicted molar refractivity (Wildman–Crippen MR) is 156 cm³/mol. The monoisotopic (exact) mass is 626 g/mol. The first-order chi connectivity index (χ1) is 21.0. The summed E-state index contributed by atoms with van der Waals surface area (Å²) in [4.78, 5) is 14.1. The van der Waals surface area contributed by atoms with E-state index in [1.54, 1.807) is 0 Å².